The number of carboxylic acid groups (broad SMARTS) is 1. The molecule has 0 fully saturated rings. The van der Waals surface area contributed by atoms with Crippen molar-refractivity contribution in [2.45, 2.75) is 6.42 Å². The fourth-order valence-corrected chi connectivity index (χ4v) is 0.939. The van der Waals surface area contributed by atoms with E-state index >= 15 is 0 Å². The summed E-state index contributed by atoms with van der Waals surface area (Å²) in [7, 11) is 0. The maximum Gasteiger partial charge on any atom is 0.305 e. The van der Waals surface area contributed by atoms with Crippen LogP contribution in [0.3, 0.4) is 0 Å². The number of nitrogens with one attached hydrogen (secondary N) is 1. The lowest BCUT2D eigenvalue weighted by Crippen LogP contribution is -2.26. The topological polar surface area (TPSA) is 66.4 Å². The number of carboxylic acids is 1. The number of hydrogen-bond donors (Lipinski definition) is 3. The first-order chi connectivity index (χ1) is 8.01. The highest BCUT2D eigenvalue weighted by atomic mass is 32.1. The van der Waals surface area contributed by atoms with Gasteiger partial charge in [0.05, 0.1) is 6.42 Å². The Morgan fingerprint density at radius 3 is 2.35 bits per heavy atom. The Labute approximate surface area is 106 Å². The largest absolute Gasteiger partial charge is 0.481 e. The number of aliphatic carboxylic acids is 1. The van der Waals surface area contributed by atoms with Gasteiger partial charge in [0.25, 0.3) is 5.91 Å². The number of hydrogen-bond acceptors (Lipinski definition) is 3. The number of amides is 1. The molecule has 0 saturated heterocycles. The van der Waals surface area contributed by atoms with E-state index in [4.69, 9.17) is 5.11 Å². The van der Waals surface area contributed by atoms with Crippen molar-refractivity contribution in [1.82, 2.24) is 5.32 Å². The number of allylic oxidation sites excluding steroid dienone is 3. The van der Waals surface area contributed by atoms with Crippen molar-refractivity contribution < 1.29 is 14.7 Å². The second-order valence-electron chi connectivity index (χ2n) is 3.02. The molecule has 4 nitrogen and oxygen atoms in total. The molecule has 1 amide bonds. The van der Waals surface area contributed by atoms with Gasteiger partial charge in [-0.15, -0.1) is 12.6 Å². The molecule has 0 aromatic rings. The first-order valence-corrected chi connectivity index (χ1v) is 5.31. The van der Waals surface area contributed by atoms with Crippen molar-refractivity contribution in [3.05, 3.63) is 47.9 Å². The molecule has 0 bridgehead atoms. The van der Waals surface area contributed by atoms with E-state index in [1.807, 2.05) is 0 Å². The van der Waals surface area contributed by atoms with Crippen LogP contribution in [0.5, 0.6) is 0 Å². The second-order valence-corrected chi connectivity index (χ2v) is 3.54. The molecule has 0 spiro atoms. The molecule has 0 atom stereocenters. The molecule has 92 valence electrons. The predicted molar refractivity (Wildman–Crippen MR) is 70.8 cm³/mol. The highest BCUT2D eigenvalue weighted by molar-refractivity contribution is 7.84. The Morgan fingerprint density at radius 1 is 1.24 bits per heavy atom. The summed E-state index contributed by atoms with van der Waals surface area (Å²) in [6.07, 6.45) is 5.94. The fraction of sp³-hybridized carbons (Fsp3) is 0.167. The first-order valence-electron chi connectivity index (χ1n) is 4.87. The summed E-state index contributed by atoms with van der Waals surface area (Å²) >= 11 is 4.06. The fourth-order valence-electron chi connectivity index (χ4n) is 0.865. The zero-order chi connectivity index (χ0) is 13.3. The van der Waals surface area contributed by atoms with Gasteiger partial charge in [0.2, 0.25) is 0 Å². The van der Waals surface area contributed by atoms with E-state index in [1.165, 1.54) is 18.2 Å². The Hall–Kier alpha value is -1.75. The normalized spacial score (nSPS) is 11.8. The van der Waals surface area contributed by atoms with Gasteiger partial charge in [0, 0.05) is 17.0 Å². The SMILES string of the molecule is C=C/C(S)=C\C=C(/C=C)C(=O)NCCC(=O)O. The Bertz CT molecular complexity index is 383. The highest BCUT2D eigenvalue weighted by Crippen LogP contribution is 2.04. The van der Waals surface area contributed by atoms with Gasteiger partial charge in [-0.25, -0.2) is 0 Å². The zero-order valence-corrected chi connectivity index (χ0v) is 10.2. The Kier molecular flexibility index (Phi) is 7.54. The summed E-state index contributed by atoms with van der Waals surface area (Å²) in [5.74, 6) is -1.33. The van der Waals surface area contributed by atoms with E-state index in [1.54, 1.807) is 6.08 Å². The van der Waals surface area contributed by atoms with Crippen molar-refractivity contribution in [1.29, 1.82) is 0 Å². The molecule has 0 saturated carbocycles. The van der Waals surface area contributed by atoms with Crippen LogP contribution in [-0.4, -0.2) is 23.5 Å². The molecule has 0 rings (SSSR count). The van der Waals surface area contributed by atoms with Gasteiger partial charge >= 0.3 is 5.97 Å². The maximum atomic E-state index is 11.5. The standard InChI is InChI=1S/C12H15NO3S/c1-3-9(5-6-10(17)4-2)12(16)13-8-7-11(14)15/h3-6,17H,1-2,7-8H2,(H,13,16)(H,14,15)/b9-5+,10-6+. The second kappa shape index (κ2) is 8.41. The molecule has 0 aromatic heterocycles. The van der Waals surface area contributed by atoms with Crippen LogP contribution in [-0.2, 0) is 9.59 Å². The van der Waals surface area contributed by atoms with Crippen LogP contribution in [0.25, 0.3) is 0 Å². The average molecular weight is 253 g/mol. The number of rotatable bonds is 7. The Balaban J connectivity index is 4.45. The van der Waals surface area contributed by atoms with Gasteiger partial charge in [-0.2, -0.15) is 0 Å². The van der Waals surface area contributed by atoms with Gasteiger partial charge < -0.3 is 10.4 Å². The predicted octanol–water partition coefficient (Wildman–Crippen LogP) is 1.69. The summed E-state index contributed by atoms with van der Waals surface area (Å²) < 4.78 is 0. The lowest BCUT2D eigenvalue weighted by Gasteiger charge is -2.03. The van der Waals surface area contributed by atoms with Gasteiger partial charge in [-0.1, -0.05) is 25.3 Å². The van der Waals surface area contributed by atoms with Crippen LogP contribution in [0.1, 0.15) is 6.42 Å². The lowest BCUT2D eigenvalue weighted by atomic mass is 10.2. The third-order valence-electron chi connectivity index (χ3n) is 1.75. The number of carbonyl (C=O) groups is 2. The Morgan fingerprint density at radius 2 is 1.88 bits per heavy atom. The highest BCUT2D eigenvalue weighted by Gasteiger charge is 2.05. The average Bonchev–Trinajstić information content (AvgIpc) is 2.28. The van der Waals surface area contributed by atoms with Crippen LogP contribution < -0.4 is 5.32 Å². The summed E-state index contributed by atoms with van der Waals surface area (Å²) in [5, 5.41) is 10.9. The monoisotopic (exact) mass is 253 g/mol. The molecule has 0 unspecified atom stereocenters. The summed E-state index contributed by atoms with van der Waals surface area (Å²) in [6, 6.07) is 0. The van der Waals surface area contributed by atoms with Crippen LogP contribution in [0, 0.1) is 0 Å². The molecule has 0 aliphatic heterocycles. The van der Waals surface area contributed by atoms with E-state index in [-0.39, 0.29) is 18.9 Å². The van der Waals surface area contributed by atoms with Crippen molar-refractivity contribution in [3.63, 3.8) is 0 Å². The number of thiol groups is 1. The minimum atomic E-state index is -0.960. The van der Waals surface area contributed by atoms with E-state index < -0.39 is 5.97 Å². The molecule has 5 heteroatoms. The van der Waals surface area contributed by atoms with Gasteiger partial charge in [0.1, 0.15) is 0 Å². The van der Waals surface area contributed by atoms with Crippen LogP contribution in [0.2, 0.25) is 0 Å². The van der Waals surface area contributed by atoms with E-state index in [9.17, 15) is 9.59 Å². The summed E-state index contributed by atoms with van der Waals surface area (Å²) in [5.41, 5.74) is 0.337. The third kappa shape index (κ3) is 7.19. The zero-order valence-electron chi connectivity index (χ0n) is 9.35. The molecular formula is C12H15NO3S. The van der Waals surface area contributed by atoms with Crippen molar-refractivity contribution >= 4 is 24.5 Å². The maximum absolute atomic E-state index is 11.5. The van der Waals surface area contributed by atoms with Crippen molar-refractivity contribution in [2.24, 2.45) is 0 Å². The van der Waals surface area contributed by atoms with Crippen LogP contribution in [0.15, 0.2) is 47.9 Å². The smallest absolute Gasteiger partial charge is 0.305 e. The van der Waals surface area contributed by atoms with E-state index in [0.29, 0.717) is 10.5 Å². The minimum absolute atomic E-state index is 0.0816. The van der Waals surface area contributed by atoms with Gasteiger partial charge in [-0.3, -0.25) is 9.59 Å². The van der Waals surface area contributed by atoms with E-state index in [2.05, 4.69) is 31.1 Å². The molecule has 0 aliphatic rings. The molecular weight excluding hydrogens is 238 g/mol. The minimum Gasteiger partial charge on any atom is -0.481 e. The molecule has 0 aliphatic carbocycles. The molecule has 0 radical (unpaired) electrons. The molecule has 17 heavy (non-hydrogen) atoms. The van der Waals surface area contributed by atoms with Gasteiger partial charge in [0.15, 0.2) is 0 Å². The van der Waals surface area contributed by atoms with Crippen molar-refractivity contribution in [3.8, 4) is 0 Å². The van der Waals surface area contributed by atoms with E-state index in [0.717, 1.165) is 0 Å². The van der Waals surface area contributed by atoms with Crippen LogP contribution >= 0.6 is 12.6 Å². The molecule has 0 heterocycles. The number of carbonyl (C=O) groups excluding carboxylic acids is 1. The third-order valence-corrected chi connectivity index (χ3v) is 2.08. The lowest BCUT2D eigenvalue weighted by molar-refractivity contribution is -0.136. The molecule has 0 aromatic carbocycles. The summed E-state index contributed by atoms with van der Waals surface area (Å²) in [6.45, 7) is 7.10. The van der Waals surface area contributed by atoms with Crippen molar-refractivity contribution in [2.75, 3.05) is 6.54 Å². The summed E-state index contributed by atoms with van der Waals surface area (Å²) in [4.78, 5) is 22.4. The van der Waals surface area contributed by atoms with Gasteiger partial charge in [-0.05, 0) is 12.2 Å². The molecule has 2 N–H and O–H groups in total. The first kappa shape index (κ1) is 15.2. The quantitative estimate of drug-likeness (QED) is 0.367. The van der Waals surface area contributed by atoms with Crippen LogP contribution in [0.4, 0.5) is 0 Å².